The van der Waals surface area contributed by atoms with Crippen molar-refractivity contribution in [1.82, 2.24) is 10.6 Å². The Kier molecular flexibility index (Phi) is 3.96. The van der Waals surface area contributed by atoms with Crippen LogP contribution in [0.25, 0.3) is 0 Å². The van der Waals surface area contributed by atoms with Crippen LogP contribution in [-0.2, 0) is 6.42 Å². The lowest BCUT2D eigenvalue weighted by molar-refractivity contribution is 0.0935. The van der Waals surface area contributed by atoms with Crippen LogP contribution < -0.4 is 10.6 Å². The van der Waals surface area contributed by atoms with E-state index in [4.69, 9.17) is 0 Å². The van der Waals surface area contributed by atoms with E-state index in [0.29, 0.717) is 6.04 Å². The summed E-state index contributed by atoms with van der Waals surface area (Å²) in [6.45, 7) is 4.08. The second-order valence-corrected chi connectivity index (χ2v) is 5.30. The molecule has 1 aromatic rings. The standard InChI is InChI=1S/C12H18N2OS/c1-2-10-5-6-11(16-10)12(15)14-9-4-3-7-13-8-9/h5-6,9,13H,2-4,7-8H2,1H3,(H,14,15)/t9-/m1/s1. The zero-order valence-corrected chi connectivity index (χ0v) is 10.4. The molecular weight excluding hydrogens is 220 g/mol. The Hall–Kier alpha value is -0.870. The van der Waals surface area contributed by atoms with E-state index in [1.165, 1.54) is 4.88 Å². The molecule has 0 aliphatic carbocycles. The van der Waals surface area contributed by atoms with Gasteiger partial charge in [0.25, 0.3) is 5.91 Å². The van der Waals surface area contributed by atoms with Gasteiger partial charge in [0.15, 0.2) is 0 Å². The Labute approximate surface area is 100 Å². The maximum Gasteiger partial charge on any atom is 0.261 e. The summed E-state index contributed by atoms with van der Waals surface area (Å²) in [6.07, 6.45) is 3.24. The largest absolute Gasteiger partial charge is 0.347 e. The lowest BCUT2D eigenvalue weighted by Gasteiger charge is -2.23. The van der Waals surface area contributed by atoms with Gasteiger partial charge in [-0.3, -0.25) is 4.79 Å². The highest BCUT2D eigenvalue weighted by molar-refractivity contribution is 7.14. The molecule has 1 aromatic heterocycles. The molecule has 1 aliphatic rings. The van der Waals surface area contributed by atoms with E-state index in [1.807, 2.05) is 12.1 Å². The maximum atomic E-state index is 11.9. The van der Waals surface area contributed by atoms with Crippen LogP contribution in [0.3, 0.4) is 0 Å². The van der Waals surface area contributed by atoms with Crippen LogP contribution in [0.4, 0.5) is 0 Å². The van der Waals surface area contributed by atoms with Crippen molar-refractivity contribution < 1.29 is 4.79 Å². The molecule has 2 heterocycles. The van der Waals surface area contributed by atoms with E-state index >= 15 is 0 Å². The van der Waals surface area contributed by atoms with Crippen LogP contribution in [0.2, 0.25) is 0 Å². The Balaban J connectivity index is 1.91. The number of amides is 1. The van der Waals surface area contributed by atoms with Gasteiger partial charge in [-0.2, -0.15) is 0 Å². The number of aryl methyl sites for hydroxylation is 1. The summed E-state index contributed by atoms with van der Waals surface area (Å²) in [6, 6.07) is 4.27. The van der Waals surface area contributed by atoms with Gasteiger partial charge in [-0.15, -0.1) is 11.3 Å². The van der Waals surface area contributed by atoms with E-state index in [-0.39, 0.29) is 5.91 Å². The number of carbonyl (C=O) groups excluding carboxylic acids is 1. The lowest BCUT2D eigenvalue weighted by Crippen LogP contribution is -2.45. The summed E-state index contributed by atoms with van der Waals surface area (Å²) in [5.41, 5.74) is 0. The SMILES string of the molecule is CCc1ccc(C(=O)N[C@@H]2CCCNC2)s1. The number of rotatable bonds is 3. The monoisotopic (exact) mass is 238 g/mol. The van der Waals surface area contributed by atoms with Crippen LogP contribution in [0.15, 0.2) is 12.1 Å². The topological polar surface area (TPSA) is 41.1 Å². The summed E-state index contributed by atoms with van der Waals surface area (Å²) in [4.78, 5) is 14.0. The van der Waals surface area contributed by atoms with Crippen LogP contribution in [0.5, 0.6) is 0 Å². The van der Waals surface area contributed by atoms with E-state index < -0.39 is 0 Å². The van der Waals surface area contributed by atoms with Crippen LogP contribution >= 0.6 is 11.3 Å². The molecule has 1 atom stereocenters. The van der Waals surface area contributed by atoms with Crippen molar-refractivity contribution in [3.05, 3.63) is 21.9 Å². The summed E-state index contributed by atoms with van der Waals surface area (Å²) < 4.78 is 0. The third-order valence-electron chi connectivity index (χ3n) is 2.87. The number of hydrogen-bond acceptors (Lipinski definition) is 3. The zero-order valence-electron chi connectivity index (χ0n) is 9.58. The fourth-order valence-corrected chi connectivity index (χ4v) is 2.77. The zero-order chi connectivity index (χ0) is 11.4. The molecule has 1 fully saturated rings. The average Bonchev–Trinajstić information content (AvgIpc) is 2.79. The normalized spacial score (nSPS) is 20.7. The molecule has 1 saturated heterocycles. The highest BCUT2D eigenvalue weighted by Crippen LogP contribution is 2.17. The minimum Gasteiger partial charge on any atom is -0.347 e. The predicted molar refractivity (Wildman–Crippen MR) is 67.1 cm³/mol. The summed E-state index contributed by atoms with van der Waals surface area (Å²) in [5.74, 6) is 0.0819. The van der Waals surface area contributed by atoms with E-state index in [1.54, 1.807) is 11.3 Å². The van der Waals surface area contributed by atoms with Crippen molar-refractivity contribution in [1.29, 1.82) is 0 Å². The number of nitrogens with one attached hydrogen (secondary N) is 2. The van der Waals surface area contributed by atoms with Crippen LogP contribution in [0.1, 0.15) is 34.3 Å². The Bertz CT molecular complexity index is 356. The average molecular weight is 238 g/mol. The third-order valence-corrected chi connectivity index (χ3v) is 4.09. The second kappa shape index (κ2) is 5.46. The van der Waals surface area contributed by atoms with Crippen molar-refractivity contribution >= 4 is 17.2 Å². The van der Waals surface area contributed by atoms with Crippen molar-refractivity contribution in [3.63, 3.8) is 0 Å². The van der Waals surface area contributed by atoms with E-state index in [2.05, 4.69) is 17.6 Å². The number of piperidine rings is 1. The molecule has 1 amide bonds. The smallest absolute Gasteiger partial charge is 0.261 e. The van der Waals surface area contributed by atoms with E-state index in [0.717, 1.165) is 37.2 Å². The highest BCUT2D eigenvalue weighted by atomic mass is 32.1. The quantitative estimate of drug-likeness (QED) is 0.843. The molecular formula is C12H18N2OS. The van der Waals surface area contributed by atoms with Crippen molar-refractivity contribution in [2.45, 2.75) is 32.2 Å². The van der Waals surface area contributed by atoms with Gasteiger partial charge in [-0.1, -0.05) is 6.92 Å². The van der Waals surface area contributed by atoms with Gasteiger partial charge in [0.05, 0.1) is 4.88 Å². The van der Waals surface area contributed by atoms with Gasteiger partial charge in [0.2, 0.25) is 0 Å². The van der Waals surface area contributed by atoms with Gasteiger partial charge in [-0.25, -0.2) is 0 Å². The van der Waals surface area contributed by atoms with Gasteiger partial charge < -0.3 is 10.6 Å². The molecule has 1 aliphatic heterocycles. The first-order chi connectivity index (χ1) is 7.79. The predicted octanol–water partition coefficient (Wildman–Crippen LogP) is 1.79. The summed E-state index contributed by atoms with van der Waals surface area (Å²) in [5, 5.41) is 6.38. The molecule has 0 bridgehead atoms. The van der Waals surface area contributed by atoms with E-state index in [9.17, 15) is 4.79 Å². The Morgan fingerprint density at radius 1 is 1.62 bits per heavy atom. The molecule has 4 heteroatoms. The lowest BCUT2D eigenvalue weighted by atomic mass is 10.1. The molecule has 2 N–H and O–H groups in total. The van der Waals surface area contributed by atoms with Gasteiger partial charge in [0.1, 0.15) is 0 Å². The first-order valence-electron chi connectivity index (χ1n) is 5.90. The molecule has 16 heavy (non-hydrogen) atoms. The number of thiophene rings is 1. The van der Waals surface area contributed by atoms with Crippen molar-refractivity contribution in [2.75, 3.05) is 13.1 Å². The summed E-state index contributed by atoms with van der Waals surface area (Å²) >= 11 is 1.60. The highest BCUT2D eigenvalue weighted by Gasteiger charge is 2.17. The minimum atomic E-state index is 0.0819. The summed E-state index contributed by atoms with van der Waals surface area (Å²) in [7, 11) is 0. The molecule has 0 spiro atoms. The fraction of sp³-hybridized carbons (Fsp3) is 0.583. The van der Waals surface area contributed by atoms with Crippen LogP contribution in [-0.4, -0.2) is 25.0 Å². The molecule has 2 rings (SSSR count). The number of carbonyl (C=O) groups is 1. The maximum absolute atomic E-state index is 11.9. The molecule has 0 radical (unpaired) electrons. The Morgan fingerprint density at radius 3 is 3.12 bits per heavy atom. The molecule has 3 nitrogen and oxygen atoms in total. The fourth-order valence-electron chi connectivity index (χ4n) is 1.92. The van der Waals surface area contributed by atoms with Gasteiger partial charge in [-0.05, 0) is 37.9 Å². The molecule has 0 unspecified atom stereocenters. The molecule has 0 saturated carbocycles. The Morgan fingerprint density at radius 2 is 2.50 bits per heavy atom. The van der Waals surface area contributed by atoms with Crippen LogP contribution in [0, 0.1) is 0 Å². The van der Waals surface area contributed by atoms with Gasteiger partial charge in [0, 0.05) is 17.5 Å². The first kappa shape index (κ1) is 11.6. The van der Waals surface area contributed by atoms with Crippen molar-refractivity contribution in [3.8, 4) is 0 Å². The second-order valence-electron chi connectivity index (χ2n) is 4.14. The molecule has 88 valence electrons. The van der Waals surface area contributed by atoms with Crippen molar-refractivity contribution in [2.24, 2.45) is 0 Å². The first-order valence-corrected chi connectivity index (χ1v) is 6.71. The minimum absolute atomic E-state index is 0.0819. The van der Waals surface area contributed by atoms with Gasteiger partial charge >= 0.3 is 0 Å². The third kappa shape index (κ3) is 2.83. The molecule has 0 aromatic carbocycles. The number of hydrogen-bond donors (Lipinski definition) is 2.